The van der Waals surface area contributed by atoms with Crippen LogP contribution >= 0.6 is 0 Å². The number of aromatic nitrogens is 1. The van der Waals surface area contributed by atoms with Crippen LogP contribution in [0.2, 0.25) is 0 Å². The van der Waals surface area contributed by atoms with Crippen molar-refractivity contribution in [2.24, 2.45) is 0 Å². The van der Waals surface area contributed by atoms with Crippen LogP contribution in [0.15, 0.2) is 36.5 Å². The molecule has 0 atom stereocenters. The van der Waals surface area contributed by atoms with Crippen molar-refractivity contribution in [2.75, 3.05) is 5.32 Å². The maximum Gasteiger partial charge on any atom is 0.296 e. The van der Waals surface area contributed by atoms with Crippen LogP contribution in [0.5, 0.6) is 0 Å². The highest BCUT2D eigenvalue weighted by atomic mass is 19.1. The van der Waals surface area contributed by atoms with Gasteiger partial charge in [-0.15, -0.1) is 0 Å². The summed E-state index contributed by atoms with van der Waals surface area (Å²) in [4.78, 5) is 27.7. The number of benzene rings is 2. The molecule has 0 aliphatic heterocycles. The van der Waals surface area contributed by atoms with Crippen LogP contribution in [0.1, 0.15) is 27.0 Å². The van der Waals surface area contributed by atoms with E-state index in [9.17, 15) is 14.0 Å². The fourth-order valence-corrected chi connectivity index (χ4v) is 2.95. The number of aromatic amines is 1. The zero-order chi connectivity index (χ0) is 17.4. The van der Waals surface area contributed by atoms with E-state index >= 15 is 0 Å². The van der Waals surface area contributed by atoms with Crippen LogP contribution in [0, 0.1) is 26.6 Å². The Kier molecular flexibility index (Phi) is 3.93. The number of hydrogen-bond acceptors (Lipinski definition) is 2. The zero-order valence-electron chi connectivity index (χ0n) is 13.7. The number of carbonyl (C=O) groups excluding carboxylic acids is 2. The lowest BCUT2D eigenvalue weighted by Crippen LogP contribution is -2.23. The van der Waals surface area contributed by atoms with Crippen LogP contribution in [0.3, 0.4) is 0 Å². The molecular formula is C19H17FN2O2. The lowest BCUT2D eigenvalue weighted by atomic mass is 10.0. The molecule has 2 N–H and O–H groups in total. The maximum absolute atomic E-state index is 13.4. The Labute approximate surface area is 138 Å². The van der Waals surface area contributed by atoms with Crippen molar-refractivity contribution >= 4 is 28.3 Å². The summed E-state index contributed by atoms with van der Waals surface area (Å²) in [6, 6.07) is 7.96. The first-order valence-corrected chi connectivity index (χ1v) is 7.57. The number of halogens is 1. The molecule has 0 aliphatic rings. The van der Waals surface area contributed by atoms with Crippen LogP contribution in [0.25, 0.3) is 10.9 Å². The smallest absolute Gasteiger partial charge is 0.296 e. The van der Waals surface area contributed by atoms with Gasteiger partial charge in [-0.2, -0.15) is 0 Å². The number of hydrogen-bond donors (Lipinski definition) is 2. The maximum atomic E-state index is 13.4. The SMILES string of the molecule is Cc1cc(C)c(NC(=O)C(=O)c2c[nH]c3ccc(F)cc23)c(C)c1. The van der Waals surface area contributed by atoms with E-state index in [0.29, 0.717) is 16.6 Å². The van der Waals surface area contributed by atoms with Gasteiger partial charge in [-0.1, -0.05) is 17.7 Å². The van der Waals surface area contributed by atoms with E-state index in [1.54, 1.807) is 0 Å². The molecule has 4 nitrogen and oxygen atoms in total. The highest BCUT2D eigenvalue weighted by Crippen LogP contribution is 2.24. The Balaban J connectivity index is 1.93. The molecule has 24 heavy (non-hydrogen) atoms. The van der Waals surface area contributed by atoms with E-state index < -0.39 is 17.5 Å². The summed E-state index contributed by atoms with van der Waals surface area (Å²) in [6.07, 6.45) is 1.43. The number of anilines is 1. The van der Waals surface area contributed by atoms with Crippen LogP contribution in [0.4, 0.5) is 10.1 Å². The summed E-state index contributed by atoms with van der Waals surface area (Å²) in [6.45, 7) is 5.72. The lowest BCUT2D eigenvalue weighted by Gasteiger charge is -2.12. The molecule has 1 aromatic heterocycles. The molecule has 3 rings (SSSR count). The topological polar surface area (TPSA) is 62.0 Å². The number of aryl methyl sites for hydroxylation is 3. The number of ketones is 1. The van der Waals surface area contributed by atoms with Gasteiger partial charge in [0, 0.05) is 22.8 Å². The van der Waals surface area contributed by atoms with Crippen molar-refractivity contribution in [3.63, 3.8) is 0 Å². The summed E-state index contributed by atoms with van der Waals surface area (Å²) < 4.78 is 13.4. The first-order chi connectivity index (χ1) is 11.4. The van der Waals surface area contributed by atoms with Gasteiger partial charge in [0.05, 0.1) is 5.56 Å². The quantitative estimate of drug-likeness (QED) is 0.564. The Hall–Kier alpha value is -2.95. The van der Waals surface area contributed by atoms with Crippen molar-refractivity contribution in [1.82, 2.24) is 4.98 Å². The molecule has 0 radical (unpaired) electrons. The van der Waals surface area contributed by atoms with Gasteiger partial charge in [-0.05, 0) is 50.1 Å². The monoisotopic (exact) mass is 324 g/mol. The number of Topliss-reactive ketones (excluding diaryl/α,β-unsaturated/α-hetero) is 1. The first-order valence-electron chi connectivity index (χ1n) is 7.57. The molecule has 3 aromatic rings. The minimum absolute atomic E-state index is 0.157. The lowest BCUT2D eigenvalue weighted by molar-refractivity contribution is -0.112. The second-order valence-electron chi connectivity index (χ2n) is 5.95. The Morgan fingerprint density at radius 3 is 2.38 bits per heavy atom. The number of fused-ring (bicyclic) bond motifs is 1. The van der Waals surface area contributed by atoms with E-state index in [2.05, 4.69) is 10.3 Å². The summed E-state index contributed by atoms with van der Waals surface area (Å²) in [5, 5.41) is 3.07. The third-order valence-electron chi connectivity index (χ3n) is 4.01. The molecule has 0 saturated heterocycles. The average molecular weight is 324 g/mol. The average Bonchev–Trinajstić information content (AvgIpc) is 2.92. The van der Waals surface area contributed by atoms with Crippen molar-refractivity contribution in [1.29, 1.82) is 0 Å². The molecular weight excluding hydrogens is 307 g/mol. The van der Waals surface area contributed by atoms with Gasteiger partial charge in [0.1, 0.15) is 5.82 Å². The molecule has 1 amide bonds. The fraction of sp³-hybridized carbons (Fsp3) is 0.158. The van der Waals surface area contributed by atoms with Gasteiger partial charge in [-0.25, -0.2) is 4.39 Å². The van der Waals surface area contributed by atoms with Crippen molar-refractivity contribution in [3.8, 4) is 0 Å². The largest absolute Gasteiger partial charge is 0.360 e. The van der Waals surface area contributed by atoms with Crippen molar-refractivity contribution in [2.45, 2.75) is 20.8 Å². The standard InChI is InChI=1S/C19H17FN2O2/c1-10-6-11(2)17(12(3)7-10)22-19(24)18(23)15-9-21-16-5-4-13(20)8-14(15)16/h4-9,21H,1-3H3,(H,22,24). The summed E-state index contributed by atoms with van der Waals surface area (Å²) in [5.41, 5.74) is 4.25. The van der Waals surface area contributed by atoms with Crippen LogP contribution < -0.4 is 5.32 Å². The fourth-order valence-electron chi connectivity index (χ4n) is 2.95. The molecule has 5 heteroatoms. The van der Waals surface area contributed by atoms with Crippen LogP contribution in [-0.4, -0.2) is 16.7 Å². The number of amides is 1. The number of H-pyrrole nitrogens is 1. The van der Waals surface area contributed by atoms with Gasteiger partial charge < -0.3 is 10.3 Å². The van der Waals surface area contributed by atoms with Crippen molar-refractivity contribution < 1.29 is 14.0 Å². The predicted molar refractivity (Wildman–Crippen MR) is 91.9 cm³/mol. The second-order valence-corrected chi connectivity index (χ2v) is 5.95. The van der Waals surface area contributed by atoms with E-state index in [4.69, 9.17) is 0 Å². The molecule has 0 bridgehead atoms. The zero-order valence-corrected chi connectivity index (χ0v) is 13.7. The molecule has 1 heterocycles. The molecule has 2 aromatic carbocycles. The van der Waals surface area contributed by atoms with E-state index in [1.165, 1.54) is 24.4 Å². The Morgan fingerprint density at radius 2 is 1.71 bits per heavy atom. The Bertz CT molecular complexity index is 950. The van der Waals surface area contributed by atoms with Gasteiger partial charge in [0.15, 0.2) is 0 Å². The molecule has 0 fully saturated rings. The van der Waals surface area contributed by atoms with Crippen molar-refractivity contribution in [3.05, 3.63) is 64.6 Å². The Morgan fingerprint density at radius 1 is 1.04 bits per heavy atom. The molecule has 0 saturated carbocycles. The van der Waals surface area contributed by atoms with Crippen LogP contribution in [-0.2, 0) is 4.79 Å². The van der Waals surface area contributed by atoms with E-state index in [-0.39, 0.29) is 5.56 Å². The molecule has 122 valence electrons. The first kappa shape index (κ1) is 15.9. The second kappa shape index (κ2) is 5.92. The normalized spacial score (nSPS) is 10.8. The molecule has 0 unspecified atom stereocenters. The summed E-state index contributed by atoms with van der Waals surface area (Å²) in [7, 11) is 0. The third-order valence-corrected chi connectivity index (χ3v) is 4.01. The predicted octanol–water partition coefficient (Wildman–Crippen LogP) is 4.05. The van der Waals surface area contributed by atoms with Gasteiger partial charge in [0.25, 0.3) is 11.7 Å². The minimum Gasteiger partial charge on any atom is -0.360 e. The number of carbonyl (C=O) groups is 2. The number of nitrogens with one attached hydrogen (secondary N) is 2. The van der Waals surface area contributed by atoms with Gasteiger partial charge in [-0.3, -0.25) is 9.59 Å². The molecule has 0 aliphatic carbocycles. The summed E-state index contributed by atoms with van der Waals surface area (Å²) >= 11 is 0. The molecule has 0 spiro atoms. The van der Waals surface area contributed by atoms with E-state index in [0.717, 1.165) is 16.7 Å². The highest BCUT2D eigenvalue weighted by molar-refractivity contribution is 6.48. The summed E-state index contributed by atoms with van der Waals surface area (Å²) in [5.74, 6) is -1.90. The highest BCUT2D eigenvalue weighted by Gasteiger charge is 2.21. The van der Waals surface area contributed by atoms with E-state index in [1.807, 2.05) is 32.9 Å². The third kappa shape index (κ3) is 2.80. The van der Waals surface area contributed by atoms with Gasteiger partial charge >= 0.3 is 0 Å². The minimum atomic E-state index is -0.741. The number of rotatable bonds is 3. The van der Waals surface area contributed by atoms with Gasteiger partial charge in [0.2, 0.25) is 0 Å².